The summed E-state index contributed by atoms with van der Waals surface area (Å²) in [5, 5.41) is 0. The minimum atomic E-state index is -0.362. The van der Waals surface area contributed by atoms with Crippen molar-refractivity contribution in [3.05, 3.63) is 52.6 Å². The molecule has 1 fully saturated rings. The number of nitrogens with zero attached hydrogens (tertiary/aromatic N) is 1. The molecular weight excluding hydrogens is 302 g/mol. The molecule has 1 saturated carbocycles. The third kappa shape index (κ3) is 3.92. The molecule has 1 aliphatic rings. The summed E-state index contributed by atoms with van der Waals surface area (Å²) in [6.07, 6.45) is 5.28. The fourth-order valence-corrected chi connectivity index (χ4v) is 3.70. The van der Waals surface area contributed by atoms with E-state index >= 15 is 0 Å². The van der Waals surface area contributed by atoms with E-state index in [4.69, 9.17) is 9.15 Å². The second-order valence-corrected chi connectivity index (χ2v) is 7.41. The Hall–Kier alpha value is -1.97. The normalized spacial score (nSPS) is 24.2. The highest BCUT2D eigenvalue weighted by molar-refractivity contribution is 5.15. The molecule has 0 unspecified atom stereocenters. The van der Waals surface area contributed by atoms with Crippen molar-refractivity contribution in [2.24, 2.45) is 17.8 Å². The van der Waals surface area contributed by atoms with Crippen molar-refractivity contribution in [2.45, 2.75) is 52.7 Å². The van der Waals surface area contributed by atoms with Crippen LogP contribution in [0, 0.1) is 17.8 Å². The maximum absolute atomic E-state index is 12.1. The Bertz CT molecular complexity index is 701. The van der Waals surface area contributed by atoms with Gasteiger partial charge < -0.3 is 9.15 Å². The SMILES string of the molecule is CC(C)[C@@H]1CC[C@@H](C)C[C@H]1Oc1cn(Cc2ccccc2)c(=O)o1. The summed E-state index contributed by atoms with van der Waals surface area (Å²) in [5.41, 5.74) is 1.07. The molecule has 3 rings (SSSR count). The van der Waals surface area contributed by atoms with Crippen molar-refractivity contribution >= 4 is 0 Å². The number of hydrogen-bond acceptors (Lipinski definition) is 3. The van der Waals surface area contributed by atoms with E-state index in [0.29, 0.717) is 30.2 Å². The first kappa shape index (κ1) is 16.9. The van der Waals surface area contributed by atoms with Gasteiger partial charge in [-0.1, -0.05) is 57.5 Å². The standard InChI is InChI=1S/C20H27NO3/c1-14(2)17-10-9-15(3)11-18(17)23-19-13-21(20(22)24-19)12-16-7-5-4-6-8-16/h4-8,13-15,17-18H,9-12H2,1-3H3/t15-,17+,18-/m1/s1. The van der Waals surface area contributed by atoms with Crippen LogP contribution in [0.5, 0.6) is 5.95 Å². The van der Waals surface area contributed by atoms with E-state index in [0.717, 1.165) is 12.0 Å². The van der Waals surface area contributed by atoms with Crippen molar-refractivity contribution in [2.75, 3.05) is 0 Å². The van der Waals surface area contributed by atoms with Crippen LogP contribution in [0.15, 0.2) is 45.7 Å². The molecule has 0 saturated heterocycles. The van der Waals surface area contributed by atoms with Crippen LogP contribution < -0.4 is 10.5 Å². The third-order valence-electron chi connectivity index (χ3n) is 5.11. The van der Waals surface area contributed by atoms with Gasteiger partial charge in [0, 0.05) is 0 Å². The Kier molecular flexibility index (Phi) is 5.12. The zero-order valence-electron chi connectivity index (χ0n) is 14.8. The first-order valence-electron chi connectivity index (χ1n) is 8.93. The van der Waals surface area contributed by atoms with Crippen LogP contribution in [0.25, 0.3) is 0 Å². The molecule has 4 heteroatoms. The third-order valence-corrected chi connectivity index (χ3v) is 5.11. The minimum absolute atomic E-state index is 0.129. The van der Waals surface area contributed by atoms with Crippen LogP contribution in [-0.4, -0.2) is 10.7 Å². The van der Waals surface area contributed by atoms with Crippen molar-refractivity contribution in [1.29, 1.82) is 0 Å². The molecule has 0 radical (unpaired) electrons. The first-order chi connectivity index (χ1) is 11.5. The summed E-state index contributed by atoms with van der Waals surface area (Å²) in [6.45, 7) is 7.26. The van der Waals surface area contributed by atoms with Gasteiger partial charge in [-0.15, -0.1) is 0 Å². The van der Waals surface area contributed by atoms with Crippen molar-refractivity contribution in [3.63, 3.8) is 0 Å². The summed E-state index contributed by atoms with van der Waals surface area (Å²) in [5.74, 6) is 1.73. The van der Waals surface area contributed by atoms with E-state index in [-0.39, 0.29) is 11.9 Å². The predicted molar refractivity (Wildman–Crippen MR) is 94.3 cm³/mol. The van der Waals surface area contributed by atoms with E-state index in [1.54, 1.807) is 10.8 Å². The number of oxazole rings is 1. The smallest absolute Gasteiger partial charge is 0.422 e. The van der Waals surface area contributed by atoms with Gasteiger partial charge >= 0.3 is 11.7 Å². The molecule has 0 bridgehead atoms. The second-order valence-electron chi connectivity index (χ2n) is 7.41. The van der Waals surface area contributed by atoms with E-state index < -0.39 is 0 Å². The van der Waals surface area contributed by atoms with Gasteiger partial charge in [-0.05, 0) is 36.2 Å². The Morgan fingerprint density at radius 2 is 2.00 bits per heavy atom. The van der Waals surface area contributed by atoms with Gasteiger partial charge in [0.05, 0.1) is 12.7 Å². The summed E-state index contributed by atoms with van der Waals surface area (Å²) in [6, 6.07) is 9.89. The van der Waals surface area contributed by atoms with Crippen molar-refractivity contribution in [3.8, 4) is 5.95 Å². The van der Waals surface area contributed by atoms with E-state index in [1.807, 2.05) is 30.3 Å². The molecule has 1 aliphatic carbocycles. The molecule has 0 N–H and O–H groups in total. The van der Waals surface area contributed by atoms with Gasteiger partial charge in [-0.25, -0.2) is 4.79 Å². The van der Waals surface area contributed by atoms with Gasteiger partial charge in [0.1, 0.15) is 6.10 Å². The van der Waals surface area contributed by atoms with Gasteiger partial charge in [0.2, 0.25) is 0 Å². The summed E-state index contributed by atoms with van der Waals surface area (Å²) < 4.78 is 13.0. The summed E-state index contributed by atoms with van der Waals surface area (Å²) in [7, 11) is 0. The maximum atomic E-state index is 12.1. The van der Waals surface area contributed by atoms with E-state index in [9.17, 15) is 4.79 Å². The van der Waals surface area contributed by atoms with Crippen LogP contribution in [0.2, 0.25) is 0 Å². The zero-order chi connectivity index (χ0) is 17.1. The molecule has 24 heavy (non-hydrogen) atoms. The van der Waals surface area contributed by atoms with E-state index in [2.05, 4.69) is 20.8 Å². The monoisotopic (exact) mass is 329 g/mol. The fourth-order valence-electron chi connectivity index (χ4n) is 3.70. The molecule has 0 spiro atoms. The highest BCUT2D eigenvalue weighted by Gasteiger charge is 2.33. The summed E-state index contributed by atoms with van der Waals surface area (Å²) in [4.78, 5) is 12.1. The number of rotatable bonds is 5. The van der Waals surface area contributed by atoms with Gasteiger partial charge in [-0.2, -0.15) is 0 Å². The Balaban J connectivity index is 1.73. The molecule has 3 atom stereocenters. The molecule has 1 aromatic carbocycles. The maximum Gasteiger partial charge on any atom is 0.422 e. The lowest BCUT2D eigenvalue weighted by atomic mass is 9.75. The summed E-state index contributed by atoms with van der Waals surface area (Å²) >= 11 is 0. The number of benzene rings is 1. The molecule has 1 aromatic heterocycles. The van der Waals surface area contributed by atoms with Gasteiger partial charge in [0.15, 0.2) is 0 Å². The van der Waals surface area contributed by atoms with Crippen LogP contribution in [0.1, 0.15) is 45.6 Å². The zero-order valence-corrected chi connectivity index (χ0v) is 14.8. The molecule has 1 heterocycles. The van der Waals surface area contributed by atoms with Crippen molar-refractivity contribution < 1.29 is 9.15 Å². The van der Waals surface area contributed by atoms with Crippen LogP contribution in [-0.2, 0) is 6.54 Å². The lowest BCUT2D eigenvalue weighted by Gasteiger charge is -2.36. The fraction of sp³-hybridized carbons (Fsp3) is 0.550. The molecule has 0 aliphatic heterocycles. The highest BCUT2D eigenvalue weighted by Crippen LogP contribution is 2.35. The molecule has 2 aromatic rings. The Labute approximate surface area is 143 Å². The van der Waals surface area contributed by atoms with E-state index in [1.165, 1.54) is 12.8 Å². The number of hydrogen-bond donors (Lipinski definition) is 0. The number of ether oxygens (including phenoxy) is 1. The quantitative estimate of drug-likeness (QED) is 0.820. The minimum Gasteiger partial charge on any atom is -0.460 e. The second kappa shape index (κ2) is 7.29. The Morgan fingerprint density at radius 1 is 1.25 bits per heavy atom. The molecule has 4 nitrogen and oxygen atoms in total. The Morgan fingerprint density at radius 3 is 2.71 bits per heavy atom. The molecule has 0 amide bonds. The predicted octanol–water partition coefficient (Wildman–Crippen LogP) is 4.33. The average molecular weight is 329 g/mol. The largest absolute Gasteiger partial charge is 0.460 e. The first-order valence-corrected chi connectivity index (χ1v) is 8.93. The highest BCUT2D eigenvalue weighted by atomic mass is 16.6. The molecular formula is C20H27NO3. The van der Waals surface area contributed by atoms with Gasteiger partial charge in [0.25, 0.3) is 0 Å². The van der Waals surface area contributed by atoms with Crippen LogP contribution in [0.3, 0.4) is 0 Å². The van der Waals surface area contributed by atoms with Gasteiger partial charge in [-0.3, -0.25) is 4.57 Å². The average Bonchev–Trinajstić information content (AvgIpc) is 2.87. The van der Waals surface area contributed by atoms with Crippen LogP contribution in [0.4, 0.5) is 0 Å². The lowest BCUT2D eigenvalue weighted by molar-refractivity contribution is 0.0279. The van der Waals surface area contributed by atoms with Crippen LogP contribution >= 0.6 is 0 Å². The van der Waals surface area contributed by atoms with Crippen molar-refractivity contribution in [1.82, 2.24) is 4.57 Å². The number of aromatic nitrogens is 1. The topological polar surface area (TPSA) is 44.4 Å². The molecule has 130 valence electrons. The lowest BCUT2D eigenvalue weighted by Crippen LogP contribution is -2.36.